The molecule has 0 radical (unpaired) electrons. The van der Waals surface area contributed by atoms with Gasteiger partial charge in [-0.1, -0.05) is 48.6 Å². The third-order valence-corrected chi connectivity index (χ3v) is 4.49. The fraction of sp³-hybridized carbons (Fsp3) is 0.150. The van der Waals surface area contributed by atoms with E-state index in [4.69, 9.17) is 0 Å². The fourth-order valence-electron chi connectivity index (χ4n) is 3.23. The molecule has 2 aromatic carbocycles. The number of fused-ring (bicyclic) bond motifs is 2. The quantitative estimate of drug-likeness (QED) is 0.779. The van der Waals surface area contributed by atoms with Crippen LogP contribution in [0.3, 0.4) is 0 Å². The van der Waals surface area contributed by atoms with E-state index in [1.54, 1.807) is 0 Å². The van der Waals surface area contributed by atoms with E-state index in [0.717, 1.165) is 22.0 Å². The molecule has 0 saturated heterocycles. The first-order valence-electron chi connectivity index (χ1n) is 8.03. The van der Waals surface area contributed by atoms with Gasteiger partial charge in [-0.15, -0.1) is 0 Å². The second kappa shape index (κ2) is 5.98. The summed E-state index contributed by atoms with van der Waals surface area (Å²) in [6.45, 7) is 0.383. The van der Waals surface area contributed by atoms with E-state index in [-0.39, 0.29) is 5.91 Å². The van der Waals surface area contributed by atoms with Gasteiger partial charge >= 0.3 is 0 Å². The molecular formula is C20H18N2O2. The van der Waals surface area contributed by atoms with Gasteiger partial charge < -0.3 is 15.0 Å². The Kier molecular flexibility index (Phi) is 3.67. The van der Waals surface area contributed by atoms with Gasteiger partial charge in [-0.25, -0.2) is 0 Å². The molecule has 1 aromatic heterocycles. The van der Waals surface area contributed by atoms with Crippen LogP contribution in [0.2, 0.25) is 0 Å². The summed E-state index contributed by atoms with van der Waals surface area (Å²) in [6.07, 6.45) is 5.55. The van der Waals surface area contributed by atoms with Crippen molar-refractivity contribution in [2.24, 2.45) is 0 Å². The molecule has 2 N–H and O–H groups in total. The molecule has 2 heterocycles. The summed E-state index contributed by atoms with van der Waals surface area (Å²) in [5.41, 5.74) is 3.75. The van der Waals surface area contributed by atoms with E-state index in [1.807, 2.05) is 60.8 Å². The van der Waals surface area contributed by atoms with Crippen LogP contribution in [0.25, 0.3) is 17.0 Å². The van der Waals surface area contributed by atoms with Crippen molar-refractivity contribution in [1.29, 1.82) is 0 Å². The molecule has 4 nitrogen and oxygen atoms in total. The molecule has 0 bridgehead atoms. The largest absolute Gasteiger partial charge is 0.373 e. The number of carbonyl (C=O) groups excluding carboxylic acids is 1. The standard InChI is InChI=1S/C20H18N2O2/c23-19-12-14-6-1-2-9-17(14)20(24)22(19)11-5-7-15-13-21-18-10-4-3-8-16(15)18/h1-10,13,19,21,23H,11-12H2/b7-5+. The number of amides is 1. The number of hydrogen-bond donors (Lipinski definition) is 2. The van der Waals surface area contributed by atoms with Gasteiger partial charge in [-0.3, -0.25) is 4.79 Å². The molecule has 1 aliphatic rings. The summed E-state index contributed by atoms with van der Waals surface area (Å²) in [5.74, 6) is -0.118. The number of benzene rings is 2. The number of aromatic amines is 1. The van der Waals surface area contributed by atoms with Crippen molar-refractivity contribution < 1.29 is 9.90 Å². The molecule has 24 heavy (non-hydrogen) atoms. The number of rotatable bonds is 3. The first-order chi connectivity index (χ1) is 11.7. The second-order valence-corrected chi connectivity index (χ2v) is 5.99. The maximum Gasteiger partial charge on any atom is 0.256 e. The average molecular weight is 318 g/mol. The van der Waals surface area contributed by atoms with Gasteiger partial charge in [0.2, 0.25) is 0 Å². The highest BCUT2D eigenvalue weighted by Crippen LogP contribution is 2.23. The summed E-state index contributed by atoms with van der Waals surface area (Å²) in [7, 11) is 0. The lowest BCUT2D eigenvalue weighted by atomic mass is 9.98. The molecule has 1 atom stereocenters. The Morgan fingerprint density at radius 2 is 1.96 bits per heavy atom. The van der Waals surface area contributed by atoms with Crippen molar-refractivity contribution >= 4 is 22.9 Å². The number of H-pyrrole nitrogens is 1. The predicted octanol–water partition coefficient (Wildman–Crippen LogP) is 3.20. The first-order valence-corrected chi connectivity index (χ1v) is 8.03. The van der Waals surface area contributed by atoms with Crippen molar-refractivity contribution in [3.05, 3.63) is 77.5 Å². The molecule has 4 rings (SSSR count). The Morgan fingerprint density at radius 3 is 2.88 bits per heavy atom. The van der Waals surface area contributed by atoms with Crippen LogP contribution in [0.1, 0.15) is 21.5 Å². The minimum Gasteiger partial charge on any atom is -0.373 e. The maximum atomic E-state index is 12.6. The molecule has 120 valence electrons. The molecule has 0 fully saturated rings. The van der Waals surface area contributed by atoms with Crippen molar-refractivity contribution in [3.63, 3.8) is 0 Å². The normalized spacial score (nSPS) is 17.6. The van der Waals surface area contributed by atoms with Crippen LogP contribution < -0.4 is 0 Å². The number of carbonyl (C=O) groups is 1. The monoisotopic (exact) mass is 318 g/mol. The molecule has 0 spiro atoms. The summed E-state index contributed by atoms with van der Waals surface area (Å²) in [4.78, 5) is 17.3. The summed E-state index contributed by atoms with van der Waals surface area (Å²) in [6, 6.07) is 15.5. The molecular weight excluding hydrogens is 300 g/mol. The maximum absolute atomic E-state index is 12.6. The van der Waals surface area contributed by atoms with Crippen molar-refractivity contribution in [2.45, 2.75) is 12.6 Å². The van der Waals surface area contributed by atoms with Crippen molar-refractivity contribution in [3.8, 4) is 0 Å². The zero-order valence-electron chi connectivity index (χ0n) is 13.1. The van der Waals surface area contributed by atoms with Gasteiger partial charge in [0.1, 0.15) is 6.23 Å². The number of hydrogen-bond acceptors (Lipinski definition) is 2. The Morgan fingerprint density at radius 1 is 1.17 bits per heavy atom. The smallest absolute Gasteiger partial charge is 0.256 e. The molecule has 3 aromatic rings. The molecule has 0 aliphatic carbocycles. The lowest BCUT2D eigenvalue weighted by Crippen LogP contribution is -2.45. The highest BCUT2D eigenvalue weighted by Gasteiger charge is 2.29. The van der Waals surface area contributed by atoms with Gasteiger partial charge in [-0.05, 0) is 23.3 Å². The summed E-state index contributed by atoms with van der Waals surface area (Å²) >= 11 is 0. The fourth-order valence-corrected chi connectivity index (χ4v) is 3.23. The number of nitrogens with zero attached hydrogens (tertiary/aromatic N) is 1. The van der Waals surface area contributed by atoms with Gasteiger partial charge in [0.25, 0.3) is 5.91 Å². The Labute approximate surface area is 140 Å². The number of aromatic nitrogens is 1. The van der Waals surface area contributed by atoms with Crippen molar-refractivity contribution in [2.75, 3.05) is 6.54 Å². The van der Waals surface area contributed by atoms with E-state index in [9.17, 15) is 9.90 Å². The van der Waals surface area contributed by atoms with E-state index >= 15 is 0 Å². The lowest BCUT2D eigenvalue weighted by molar-refractivity contribution is 0.00833. The Bertz CT molecular complexity index is 926. The highest BCUT2D eigenvalue weighted by molar-refractivity contribution is 5.97. The van der Waals surface area contributed by atoms with Crippen LogP contribution in [0.4, 0.5) is 0 Å². The Hall–Kier alpha value is -2.85. The molecule has 4 heteroatoms. The highest BCUT2D eigenvalue weighted by atomic mass is 16.3. The molecule has 1 aliphatic heterocycles. The van der Waals surface area contributed by atoms with E-state index in [1.165, 1.54) is 4.90 Å². The third-order valence-electron chi connectivity index (χ3n) is 4.49. The Balaban J connectivity index is 1.54. The molecule has 1 amide bonds. The number of aliphatic hydroxyl groups is 1. The van der Waals surface area contributed by atoms with Crippen LogP contribution in [-0.2, 0) is 6.42 Å². The van der Waals surface area contributed by atoms with E-state index in [0.29, 0.717) is 18.5 Å². The number of aliphatic hydroxyl groups excluding tert-OH is 1. The van der Waals surface area contributed by atoms with Crippen LogP contribution in [0.15, 0.2) is 60.8 Å². The van der Waals surface area contributed by atoms with Gasteiger partial charge in [0.15, 0.2) is 0 Å². The van der Waals surface area contributed by atoms with Crippen LogP contribution in [0, 0.1) is 0 Å². The second-order valence-electron chi connectivity index (χ2n) is 5.99. The van der Waals surface area contributed by atoms with Crippen LogP contribution in [-0.4, -0.2) is 33.7 Å². The zero-order chi connectivity index (χ0) is 16.5. The lowest BCUT2D eigenvalue weighted by Gasteiger charge is -2.32. The summed E-state index contributed by atoms with van der Waals surface area (Å²) in [5, 5.41) is 11.4. The third kappa shape index (κ3) is 2.51. The minimum absolute atomic E-state index is 0.118. The van der Waals surface area contributed by atoms with Crippen LogP contribution >= 0.6 is 0 Å². The van der Waals surface area contributed by atoms with Gasteiger partial charge in [0.05, 0.1) is 0 Å². The van der Waals surface area contributed by atoms with Crippen molar-refractivity contribution in [1.82, 2.24) is 9.88 Å². The zero-order valence-corrected chi connectivity index (χ0v) is 13.1. The topological polar surface area (TPSA) is 56.3 Å². The van der Waals surface area contributed by atoms with E-state index < -0.39 is 6.23 Å². The van der Waals surface area contributed by atoms with Gasteiger partial charge in [-0.2, -0.15) is 0 Å². The SMILES string of the molecule is O=C1c2ccccc2CC(O)N1C/C=C/c1c[nH]c2ccccc12. The van der Waals surface area contributed by atoms with Crippen LogP contribution in [0.5, 0.6) is 0 Å². The number of nitrogens with one attached hydrogen (secondary N) is 1. The minimum atomic E-state index is -0.778. The summed E-state index contributed by atoms with van der Waals surface area (Å²) < 4.78 is 0. The van der Waals surface area contributed by atoms with E-state index in [2.05, 4.69) is 11.1 Å². The number of para-hydroxylation sites is 1. The predicted molar refractivity (Wildman–Crippen MR) is 94.5 cm³/mol. The van der Waals surface area contributed by atoms with Gasteiger partial charge in [0, 0.05) is 35.6 Å². The molecule has 0 saturated carbocycles. The first kappa shape index (κ1) is 14.7. The average Bonchev–Trinajstić information content (AvgIpc) is 3.01. The molecule has 1 unspecified atom stereocenters.